The van der Waals surface area contributed by atoms with E-state index in [4.69, 9.17) is 16.2 Å². The molecule has 1 aliphatic heterocycles. The first kappa shape index (κ1) is 31.3. The largest absolute Gasteiger partial charge is 0.477 e. The van der Waals surface area contributed by atoms with Gasteiger partial charge in [-0.15, -0.1) is 12.4 Å². The van der Waals surface area contributed by atoms with E-state index < -0.39 is 36.8 Å². The van der Waals surface area contributed by atoms with Crippen molar-refractivity contribution >= 4 is 41.1 Å². The third-order valence-corrected chi connectivity index (χ3v) is 9.88. The number of ether oxygens (including phenoxy) is 1. The Morgan fingerprint density at radius 3 is 2.32 bits per heavy atom. The van der Waals surface area contributed by atoms with Crippen molar-refractivity contribution in [2.24, 2.45) is 35.1 Å². The van der Waals surface area contributed by atoms with Crippen LogP contribution in [-0.4, -0.2) is 64.3 Å². The average molecular weight is 593 g/mol. The molecule has 1 unspecified atom stereocenters. The van der Waals surface area contributed by atoms with Gasteiger partial charge in [0.1, 0.15) is 24.6 Å². The molecule has 5 N–H and O–H groups in total. The van der Waals surface area contributed by atoms with Crippen LogP contribution in [0.4, 0.5) is 4.39 Å². The number of primary amides is 1. The molecule has 2 aromatic rings. The van der Waals surface area contributed by atoms with Gasteiger partial charge in [-0.05, 0) is 87.7 Å². The lowest BCUT2D eigenvalue weighted by atomic mass is 9.75. The standard InChI is InChI=1S/C30H41FN4O5.ClH/c1-40-21-12-10-17(11-13-21)22-15-26(34-24-5-3-2-4-20(24)14-25(34)30(38)39)35(27(22)28(33)36)29(37)19-8-6-18(7-9-19)23(32)16-31;/h2-5,14,17-19,21-23,26-27H,6-13,15-16,32H2,1H3,(H2,33,36)(H,38,39);1H/t17-,18-,19-,21-,22-,23+,26?,27-;/m0./s1. The minimum atomic E-state index is -1.09. The summed E-state index contributed by atoms with van der Waals surface area (Å²) in [5.74, 6) is -2.19. The first-order chi connectivity index (χ1) is 19.2. The number of carboxylic acid groups (broad SMARTS) is 1. The maximum absolute atomic E-state index is 14.3. The second-order valence-electron chi connectivity index (χ2n) is 11.9. The lowest BCUT2D eigenvalue weighted by Gasteiger charge is -2.38. The molecule has 41 heavy (non-hydrogen) atoms. The van der Waals surface area contributed by atoms with Crippen LogP contribution < -0.4 is 11.5 Å². The molecule has 1 saturated heterocycles. The molecule has 1 aromatic carbocycles. The molecule has 226 valence electrons. The number of fused-ring (bicyclic) bond motifs is 1. The summed E-state index contributed by atoms with van der Waals surface area (Å²) in [4.78, 5) is 41.6. The maximum atomic E-state index is 14.3. The van der Waals surface area contributed by atoms with Gasteiger partial charge in [0.05, 0.1) is 11.6 Å². The fourth-order valence-electron chi connectivity index (χ4n) is 7.73. The Hall–Kier alpha value is -2.69. The third kappa shape index (κ3) is 5.96. The Labute approximate surface area is 246 Å². The number of hydrogen-bond donors (Lipinski definition) is 3. The molecule has 11 heteroatoms. The van der Waals surface area contributed by atoms with E-state index in [2.05, 4.69) is 0 Å². The molecule has 2 heterocycles. The summed E-state index contributed by atoms with van der Waals surface area (Å²) >= 11 is 0. The lowest BCUT2D eigenvalue weighted by Crippen LogP contribution is -2.52. The molecule has 4 atom stereocenters. The molecule has 0 bridgehead atoms. The van der Waals surface area contributed by atoms with Crippen LogP contribution in [0.1, 0.15) is 74.4 Å². The van der Waals surface area contributed by atoms with Crippen LogP contribution in [0.15, 0.2) is 30.3 Å². The van der Waals surface area contributed by atoms with Crippen molar-refractivity contribution in [3.05, 3.63) is 36.0 Å². The highest BCUT2D eigenvalue weighted by Gasteiger charge is 2.52. The fourth-order valence-corrected chi connectivity index (χ4v) is 7.73. The van der Waals surface area contributed by atoms with Gasteiger partial charge in [0.2, 0.25) is 11.8 Å². The predicted molar refractivity (Wildman–Crippen MR) is 155 cm³/mol. The van der Waals surface area contributed by atoms with Gasteiger partial charge in [0, 0.05) is 24.5 Å². The summed E-state index contributed by atoms with van der Waals surface area (Å²) in [6.45, 7) is -0.590. The van der Waals surface area contributed by atoms with Crippen molar-refractivity contribution < 1.29 is 28.6 Å². The number of nitrogens with zero attached hydrogens (tertiary/aromatic N) is 2. The third-order valence-electron chi connectivity index (χ3n) is 9.88. The molecular weight excluding hydrogens is 551 g/mol. The number of amides is 2. The van der Waals surface area contributed by atoms with Crippen molar-refractivity contribution in [1.82, 2.24) is 9.47 Å². The molecule has 1 aromatic heterocycles. The number of carbonyl (C=O) groups is 3. The van der Waals surface area contributed by atoms with Gasteiger partial charge in [-0.2, -0.15) is 0 Å². The summed E-state index contributed by atoms with van der Waals surface area (Å²) in [7, 11) is 1.71. The van der Waals surface area contributed by atoms with Gasteiger partial charge >= 0.3 is 5.97 Å². The van der Waals surface area contributed by atoms with E-state index in [1.54, 1.807) is 22.6 Å². The van der Waals surface area contributed by atoms with Gasteiger partial charge in [-0.1, -0.05) is 18.2 Å². The normalized spacial score (nSPS) is 31.0. The number of rotatable bonds is 8. The zero-order valence-corrected chi connectivity index (χ0v) is 24.3. The number of benzene rings is 1. The van der Waals surface area contributed by atoms with Crippen molar-refractivity contribution in [3.63, 3.8) is 0 Å². The van der Waals surface area contributed by atoms with Crippen LogP contribution in [0.5, 0.6) is 0 Å². The fraction of sp³-hybridized carbons (Fsp3) is 0.633. The number of carbonyl (C=O) groups excluding carboxylic acids is 2. The molecule has 2 saturated carbocycles. The minimum absolute atomic E-state index is 0. The van der Waals surface area contributed by atoms with E-state index >= 15 is 0 Å². The number of likely N-dealkylation sites (tertiary alicyclic amines) is 1. The second kappa shape index (κ2) is 13.1. The number of carboxylic acids is 1. The summed E-state index contributed by atoms with van der Waals surface area (Å²) in [5.41, 5.74) is 12.8. The topological polar surface area (TPSA) is 141 Å². The highest BCUT2D eigenvalue weighted by Crippen LogP contribution is 2.48. The van der Waals surface area contributed by atoms with Crippen LogP contribution in [0.25, 0.3) is 10.9 Å². The molecule has 0 spiro atoms. The van der Waals surface area contributed by atoms with Gasteiger partial charge in [-0.25, -0.2) is 9.18 Å². The molecule has 3 fully saturated rings. The van der Waals surface area contributed by atoms with Gasteiger partial charge in [-0.3, -0.25) is 9.59 Å². The molecule has 2 amide bonds. The zero-order valence-electron chi connectivity index (χ0n) is 23.5. The predicted octanol–water partition coefficient (Wildman–Crippen LogP) is 4.27. The van der Waals surface area contributed by atoms with Crippen molar-refractivity contribution in [1.29, 1.82) is 0 Å². The van der Waals surface area contributed by atoms with Crippen LogP contribution >= 0.6 is 12.4 Å². The number of alkyl halides is 1. The molecular formula is C30H42ClFN4O5. The highest BCUT2D eigenvalue weighted by molar-refractivity contribution is 5.95. The average Bonchev–Trinajstić information content (AvgIpc) is 3.56. The maximum Gasteiger partial charge on any atom is 0.352 e. The first-order valence-electron chi connectivity index (χ1n) is 14.5. The van der Waals surface area contributed by atoms with Crippen LogP contribution in [-0.2, 0) is 14.3 Å². The second-order valence-corrected chi connectivity index (χ2v) is 11.9. The number of aromatic carboxylic acids is 1. The number of nitrogens with two attached hydrogens (primary N) is 2. The lowest BCUT2D eigenvalue weighted by molar-refractivity contribution is -0.146. The number of halogens is 2. The van der Waals surface area contributed by atoms with Gasteiger partial charge in [0.15, 0.2) is 0 Å². The highest BCUT2D eigenvalue weighted by atomic mass is 35.5. The van der Waals surface area contributed by atoms with Gasteiger partial charge < -0.3 is 30.8 Å². The number of methoxy groups -OCH3 is 1. The zero-order chi connectivity index (χ0) is 28.6. The summed E-state index contributed by atoms with van der Waals surface area (Å²) in [5, 5.41) is 10.9. The number of aromatic nitrogens is 1. The smallest absolute Gasteiger partial charge is 0.352 e. The van der Waals surface area contributed by atoms with E-state index in [-0.39, 0.29) is 53.8 Å². The van der Waals surface area contributed by atoms with Gasteiger partial charge in [0.25, 0.3) is 0 Å². The van der Waals surface area contributed by atoms with E-state index in [0.717, 1.165) is 31.1 Å². The quantitative estimate of drug-likeness (QED) is 0.418. The van der Waals surface area contributed by atoms with Crippen molar-refractivity contribution in [2.75, 3.05) is 13.8 Å². The SMILES string of the molecule is CO[C@H]1CC[C@H]([C@@H]2CC(n3c(C(=O)O)cc4ccccc43)N(C(=O)[C@H]3CC[C@H]([C@H](N)CF)CC3)[C@@H]2C(N)=O)CC1.Cl. The Bertz CT molecular complexity index is 1240. The number of hydrogen-bond acceptors (Lipinski definition) is 5. The van der Waals surface area contributed by atoms with E-state index in [9.17, 15) is 23.9 Å². The van der Waals surface area contributed by atoms with E-state index in [1.807, 2.05) is 24.3 Å². The summed E-state index contributed by atoms with van der Waals surface area (Å²) < 4.78 is 20.5. The first-order valence-corrected chi connectivity index (χ1v) is 14.5. The van der Waals surface area contributed by atoms with Crippen LogP contribution in [0, 0.1) is 23.7 Å². The summed E-state index contributed by atoms with van der Waals surface area (Å²) in [6.07, 6.45) is 5.78. The van der Waals surface area contributed by atoms with Crippen molar-refractivity contribution in [2.45, 2.75) is 82.1 Å². The molecule has 3 aliphatic rings. The Balaban J connectivity index is 0.00000387. The van der Waals surface area contributed by atoms with Crippen LogP contribution in [0.3, 0.4) is 0 Å². The van der Waals surface area contributed by atoms with E-state index in [0.29, 0.717) is 37.6 Å². The van der Waals surface area contributed by atoms with Crippen LogP contribution in [0.2, 0.25) is 0 Å². The molecule has 0 radical (unpaired) electrons. The number of para-hydroxylation sites is 1. The Morgan fingerprint density at radius 2 is 1.73 bits per heavy atom. The summed E-state index contributed by atoms with van der Waals surface area (Å²) in [6, 6.07) is 7.64. The monoisotopic (exact) mass is 592 g/mol. The Kier molecular flexibility index (Phi) is 9.97. The minimum Gasteiger partial charge on any atom is -0.477 e. The van der Waals surface area contributed by atoms with E-state index in [1.165, 1.54) is 0 Å². The molecule has 9 nitrogen and oxygen atoms in total. The Morgan fingerprint density at radius 1 is 1.07 bits per heavy atom. The van der Waals surface area contributed by atoms with Crippen molar-refractivity contribution in [3.8, 4) is 0 Å². The molecule has 5 rings (SSSR count). The molecule has 2 aliphatic carbocycles.